The number of carbonyl (C=O) groups excluding carboxylic acids is 1. The third-order valence-electron chi connectivity index (χ3n) is 5.42. The van der Waals surface area contributed by atoms with Crippen LogP contribution in [0.15, 0.2) is 30.7 Å². The van der Waals surface area contributed by atoms with Crippen molar-refractivity contribution in [2.45, 2.75) is 51.7 Å². The summed E-state index contributed by atoms with van der Waals surface area (Å²) in [5.74, 6) is 1.05. The molecule has 1 saturated heterocycles. The van der Waals surface area contributed by atoms with E-state index in [1.165, 1.54) is 18.4 Å². The van der Waals surface area contributed by atoms with E-state index < -0.39 is 0 Å². The molecular formula is C20H25N5O. The maximum Gasteiger partial charge on any atom is 0.219 e. The standard InChI is InChI=1S/C20H25N5O/c1-15(26)24-10-7-18-17(14-24)12-22-20(23-18)19-6-2-3-9-25(19)13-16-5-4-8-21-11-16/h4-5,8,11-12,19H,2-3,6-7,9-10,13-14H2,1H3/t19-/m0/s1. The average molecular weight is 351 g/mol. The Kier molecular flexibility index (Phi) is 4.93. The molecule has 0 spiro atoms. The highest BCUT2D eigenvalue weighted by molar-refractivity contribution is 5.73. The predicted octanol–water partition coefficient (Wildman–Crippen LogP) is 2.50. The number of aromatic nitrogens is 3. The maximum atomic E-state index is 11.6. The van der Waals surface area contributed by atoms with Gasteiger partial charge in [0, 0.05) is 57.1 Å². The Hall–Kier alpha value is -2.34. The number of pyridine rings is 1. The van der Waals surface area contributed by atoms with Gasteiger partial charge in [0.25, 0.3) is 0 Å². The highest BCUT2D eigenvalue weighted by Gasteiger charge is 2.28. The minimum Gasteiger partial charge on any atom is -0.338 e. The number of amides is 1. The molecule has 4 heterocycles. The van der Waals surface area contributed by atoms with Crippen LogP contribution >= 0.6 is 0 Å². The van der Waals surface area contributed by atoms with E-state index in [-0.39, 0.29) is 11.9 Å². The molecule has 1 fully saturated rings. The number of hydrogen-bond acceptors (Lipinski definition) is 5. The summed E-state index contributed by atoms with van der Waals surface area (Å²) in [4.78, 5) is 29.8. The van der Waals surface area contributed by atoms with Crippen LogP contribution in [0.3, 0.4) is 0 Å². The van der Waals surface area contributed by atoms with Crippen molar-refractivity contribution in [2.24, 2.45) is 0 Å². The van der Waals surface area contributed by atoms with Crippen LogP contribution in [-0.2, 0) is 24.3 Å². The van der Waals surface area contributed by atoms with E-state index in [1.54, 1.807) is 6.92 Å². The molecule has 6 nitrogen and oxygen atoms in total. The number of likely N-dealkylation sites (tertiary alicyclic amines) is 1. The molecule has 6 heteroatoms. The smallest absolute Gasteiger partial charge is 0.219 e. The SMILES string of the molecule is CC(=O)N1CCc2nc([C@@H]3CCCCN3Cc3cccnc3)ncc2C1. The van der Waals surface area contributed by atoms with Crippen LogP contribution in [0.5, 0.6) is 0 Å². The summed E-state index contributed by atoms with van der Waals surface area (Å²) in [7, 11) is 0. The van der Waals surface area contributed by atoms with E-state index in [4.69, 9.17) is 9.97 Å². The number of nitrogens with zero attached hydrogens (tertiary/aromatic N) is 5. The van der Waals surface area contributed by atoms with Crippen molar-refractivity contribution in [3.05, 3.63) is 53.4 Å². The van der Waals surface area contributed by atoms with Gasteiger partial charge < -0.3 is 4.90 Å². The molecule has 1 atom stereocenters. The summed E-state index contributed by atoms with van der Waals surface area (Å²) in [6.45, 7) is 4.96. The van der Waals surface area contributed by atoms with Crippen molar-refractivity contribution in [1.82, 2.24) is 24.8 Å². The normalized spacial score (nSPS) is 20.7. The monoisotopic (exact) mass is 351 g/mol. The number of piperidine rings is 1. The van der Waals surface area contributed by atoms with Gasteiger partial charge in [0.2, 0.25) is 5.91 Å². The second-order valence-corrected chi connectivity index (χ2v) is 7.23. The predicted molar refractivity (Wildman–Crippen MR) is 98.1 cm³/mol. The van der Waals surface area contributed by atoms with Gasteiger partial charge in [0.05, 0.1) is 11.7 Å². The number of rotatable bonds is 3. The first-order valence-corrected chi connectivity index (χ1v) is 9.44. The molecule has 0 aromatic carbocycles. The van der Waals surface area contributed by atoms with Crippen LogP contribution in [0, 0.1) is 0 Å². The second-order valence-electron chi connectivity index (χ2n) is 7.23. The maximum absolute atomic E-state index is 11.6. The zero-order valence-electron chi connectivity index (χ0n) is 15.3. The fraction of sp³-hybridized carbons (Fsp3) is 0.500. The van der Waals surface area contributed by atoms with Crippen molar-refractivity contribution in [1.29, 1.82) is 0 Å². The van der Waals surface area contributed by atoms with Crippen molar-refractivity contribution in [2.75, 3.05) is 13.1 Å². The largest absolute Gasteiger partial charge is 0.338 e. The van der Waals surface area contributed by atoms with Gasteiger partial charge in [-0.05, 0) is 31.0 Å². The molecule has 0 radical (unpaired) electrons. The van der Waals surface area contributed by atoms with Gasteiger partial charge in [-0.3, -0.25) is 14.7 Å². The lowest BCUT2D eigenvalue weighted by Gasteiger charge is -2.35. The first-order valence-electron chi connectivity index (χ1n) is 9.44. The molecule has 26 heavy (non-hydrogen) atoms. The molecule has 1 amide bonds. The van der Waals surface area contributed by atoms with Crippen LogP contribution in [0.2, 0.25) is 0 Å². The topological polar surface area (TPSA) is 62.2 Å². The summed E-state index contributed by atoms with van der Waals surface area (Å²) in [5.41, 5.74) is 3.43. The summed E-state index contributed by atoms with van der Waals surface area (Å²) in [6, 6.07) is 4.38. The van der Waals surface area contributed by atoms with Crippen molar-refractivity contribution in [3.63, 3.8) is 0 Å². The molecule has 2 aromatic rings. The molecule has 136 valence electrons. The van der Waals surface area contributed by atoms with Crippen LogP contribution in [0.4, 0.5) is 0 Å². The molecule has 2 aliphatic heterocycles. The molecule has 0 saturated carbocycles. The first-order chi connectivity index (χ1) is 12.7. The van der Waals surface area contributed by atoms with E-state index >= 15 is 0 Å². The molecule has 0 bridgehead atoms. The van der Waals surface area contributed by atoms with Gasteiger partial charge in [0.15, 0.2) is 0 Å². The average Bonchev–Trinajstić information content (AvgIpc) is 2.68. The fourth-order valence-electron chi connectivity index (χ4n) is 3.96. The highest BCUT2D eigenvalue weighted by Crippen LogP contribution is 2.31. The molecule has 2 aromatic heterocycles. The van der Waals surface area contributed by atoms with Crippen molar-refractivity contribution in [3.8, 4) is 0 Å². The van der Waals surface area contributed by atoms with E-state index in [2.05, 4.69) is 16.0 Å². The molecule has 0 unspecified atom stereocenters. The Morgan fingerprint density at radius 3 is 3.00 bits per heavy atom. The number of fused-ring (bicyclic) bond motifs is 1. The summed E-state index contributed by atoms with van der Waals surface area (Å²) < 4.78 is 0. The fourth-order valence-corrected chi connectivity index (χ4v) is 3.96. The van der Waals surface area contributed by atoms with Gasteiger partial charge >= 0.3 is 0 Å². The molecule has 0 N–H and O–H groups in total. The molecular weight excluding hydrogens is 326 g/mol. The molecule has 4 rings (SSSR count). The van der Waals surface area contributed by atoms with E-state index in [0.717, 1.165) is 49.6 Å². The molecule has 2 aliphatic rings. The lowest BCUT2D eigenvalue weighted by Crippen LogP contribution is -2.36. The first kappa shape index (κ1) is 17.1. The molecule has 0 aliphatic carbocycles. The zero-order chi connectivity index (χ0) is 17.9. The van der Waals surface area contributed by atoms with Crippen LogP contribution in [-0.4, -0.2) is 43.7 Å². The number of carbonyl (C=O) groups is 1. The Bertz CT molecular complexity index is 779. The van der Waals surface area contributed by atoms with E-state index in [0.29, 0.717) is 6.54 Å². The number of hydrogen-bond donors (Lipinski definition) is 0. The summed E-state index contributed by atoms with van der Waals surface area (Å²) in [5, 5.41) is 0. The van der Waals surface area contributed by atoms with Gasteiger partial charge in [0.1, 0.15) is 5.82 Å². The third-order valence-corrected chi connectivity index (χ3v) is 5.42. The lowest BCUT2D eigenvalue weighted by molar-refractivity contribution is -0.129. The zero-order valence-corrected chi connectivity index (χ0v) is 15.3. The minimum atomic E-state index is 0.120. The Morgan fingerprint density at radius 2 is 2.19 bits per heavy atom. The van der Waals surface area contributed by atoms with Gasteiger partial charge in [-0.2, -0.15) is 0 Å². The second kappa shape index (κ2) is 7.50. The Morgan fingerprint density at radius 1 is 1.27 bits per heavy atom. The highest BCUT2D eigenvalue weighted by atomic mass is 16.2. The van der Waals surface area contributed by atoms with Crippen LogP contribution in [0.25, 0.3) is 0 Å². The quantitative estimate of drug-likeness (QED) is 0.850. The van der Waals surface area contributed by atoms with E-state index in [9.17, 15) is 4.79 Å². The minimum absolute atomic E-state index is 0.120. The van der Waals surface area contributed by atoms with Gasteiger partial charge in [-0.25, -0.2) is 9.97 Å². The summed E-state index contributed by atoms with van der Waals surface area (Å²) >= 11 is 0. The Labute approximate surface area is 154 Å². The van der Waals surface area contributed by atoms with Gasteiger partial charge in [-0.15, -0.1) is 0 Å². The van der Waals surface area contributed by atoms with Crippen molar-refractivity contribution < 1.29 is 4.79 Å². The van der Waals surface area contributed by atoms with Crippen LogP contribution < -0.4 is 0 Å². The van der Waals surface area contributed by atoms with Gasteiger partial charge in [-0.1, -0.05) is 12.5 Å². The Balaban J connectivity index is 1.54. The lowest BCUT2D eigenvalue weighted by atomic mass is 9.99. The van der Waals surface area contributed by atoms with Crippen LogP contribution in [0.1, 0.15) is 54.9 Å². The summed E-state index contributed by atoms with van der Waals surface area (Å²) in [6.07, 6.45) is 10.0. The van der Waals surface area contributed by atoms with Crippen molar-refractivity contribution >= 4 is 5.91 Å². The van der Waals surface area contributed by atoms with E-state index in [1.807, 2.05) is 29.6 Å². The third kappa shape index (κ3) is 3.60.